The molecule has 19 heavy (non-hydrogen) atoms. The quantitative estimate of drug-likeness (QED) is 0.753. The van der Waals surface area contributed by atoms with Gasteiger partial charge in [-0.25, -0.2) is 0 Å². The Morgan fingerprint density at radius 3 is 2.79 bits per heavy atom. The van der Waals surface area contributed by atoms with E-state index < -0.39 is 5.97 Å². The monoisotopic (exact) mass is 269 g/mol. The minimum Gasteiger partial charge on any atom is -0.480 e. The highest BCUT2D eigenvalue weighted by Gasteiger charge is 2.44. The van der Waals surface area contributed by atoms with E-state index in [0.29, 0.717) is 12.0 Å². The molecule has 1 N–H and O–H groups in total. The molecule has 0 spiro atoms. The molecule has 3 unspecified atom stereocenters. The number of hydrogen-bond acceptors (Lipinski definition) is 3. The van der Waals surface area contributed by atoms with Crippen LogP contribution in [0.2, 0.25) is 0 Å². The second kappa shape index (κ2) is 6.71. The predicted octanol–water partition coefficient (Wildman–Crippen LogP) is 2.52. The summed E-state index contributed by atoms with van der Waals surface area (Å²) in [5.74, 6) is -0.0277. The van der Waals surface area contributed by atoms with Gasteiger partial charge >= 0.3 is 5.97 Å². The van der Waals surface area contributed by atoms with Crippen LogP contribution in [0.3, 0.4) is 0 Å². The van der Waals surface area contributed by atoms with Gasteiger partial charge in [-0.15, -0.1) is 0 Å². The lowest BCUT2D eigenvalue weighted by Crippen LogP contribution is -2.43. The molecule has 0 bridgehead atoms. The van der Waals surface area contributed by atoms with Gasteiger partial charge in [-0.1, -0.05) is 12.8 Å². The summed E-state index contributed by atoms with van der Waals surface area (Å²) in [5.41, 5.74) is 0. The third-order valence-electron chi connectivity index (χ3n) is 4.52. The van der Waals surface area contributed by atoms with Crippen molar-refractivity contribution in [3.05, 3.63) is 0 Å². The zero-order chi connectivity index (χ0) is 13.8. The number of rotatable bonds is 6. The Kier molecular flexibility index (Phi) is 5.22. The topological polar surface area (TPSA) is 49.8 Å². The number of hydrogen-bond donors (Lipinski definition) is 1. The van der Waals surface area contributed by atoms with Crippen molar-refractivity contribution < 1.29 is 14.6 Å². The second-order valence-electron chi connectivity index (χ2n) is 6.21. The maximum atomic E-state index is 11.4. The molecule has 0 aromatic carbocycles. The Bertz CT molecular complexity index is 306. The molecule has 4 nitrogen and oxygen atoms in total. The normalized spacial score (nSPS) is 31.6. The number of fused-ring (bicyclic) bond motifs is 1. The van der Waals surface area contributed by atoms with Crippen molar-refractivity contribution in [3.63, 3.8) is 0 Å². The second-order valence-corrected chi connectivity index (χ2v) is 6.21. The molecule has 2 aliphatic rings. The summed E-state index contributed by atoms with van der Waals surface area (Å²) in [5, 5.41) is 9.40. The van der Waals surface area contributed by atoms with Crippen LogP contribution in [-0.4, -0.2) is 47.3 Å². The fourth-order valence-electron chi connectivity index (χ4n) is 3.68. The van der Waals surface area contributed by atoms with Crippen LogP contribution in [0.15, 0.2) is 0 Å². The van der Waals surface area contributed by atoms with Gasteiger partial charge in [0, 0.05) is 19.2 Å². The third kappa shape index (κ3) is 3.69. The van der Waals surface area contributed by atoms with Crippen LogP contribution in [0.25, 0.3) is 0 Å². The molecular weight excluding hydrogens is 242 g/mol. The van der Waals surface area contributed by atoms with Gasteiger partial charge < -0.3 is 9.84 Å². The van der Waals surface area contributed by atoms with Crippen molar-refractivity contribution in [2.75, 3.05) is 13.2 Å². The van der Waals surface area contributed by atoms with Gasteiger partial charge in [-0.05, 0) is 45.4 Å². The zero-order valence-corrected chi connectivity index (χ0v) is 12.2. The summed E-state index contributed by atoms with van der Waals surface area (Å²) in [4.78, 5) is 13.7. The van der Waals surface area contributed by atoms with Crippen LogP contribution in [0.5, 0.6) is 0 Å². The highest BCUT2D eigenvalue weighted by atomic mass is 16.5. The van der Waals surface area contributed by atoms with Crippen LogP contribution in [0.1, 0.15) is 52.4 Å². The Morgan fingerprint density at radius 2 is 2.11 bits per heavy atom. The van der Waals surface area contributed by atoms with E-state index in [1.54, 1.807) is 0 Å². The number of carboxylic acids is 1. The molecular formula is C15H27NO3. The maximum Gasteiger partial charge on any atom is 0.320 e. The molecule has 1 aliphatic heterocycles. The summed E-state index contributed by atoms with van der Waals surface area (Å²) in [6.45, 7) is 5.67. The first-order valence-corrected chi connectivity index (χ1v) is 7.69. The lowest BCUT2D eigenvalue weighted by molar-refractivity contribution is -0.142. The van der Waals surface area contributed by atoms with Crippen molar-refractivity contribution >= 4 is 5.97 Å². The molecule has 0 aromatic heterocycles. The Labute approximate surface area is 116 Å². The number of likely N-dealkylation sites (tertiary alicyclic amines) is 1. The first-order chi connectivity index (χ1) is 9.09. The lowest BCUT2D eigenvalue weighted by atomic mass is 9.85. The van der Waals surface area contributed by atoms with Crippen LogP contribution >= 0.6 is 0 Å². The van der Waals surface area contributed by atoms with E-state index in [2.05, 4.69) is 4.90 Å². The number of ether oxygens (including phenoxy) is 1. The summed E-state index contributed by atoms with van der Waals surface area (Å²) in [7, 11) is 0. The molecule has 0 aromatic rings. The minimum absolute atomic E-state index is 0.257. The minimum atomic E-state index is -0.640. The van der Waals surface area contributed by atoms with E-state index in [-0.39, 0.29) is 12.1 Å². The predicted molar refractivity (Wildman–Crippen MR) is 74.2 cm³/mol. The van der Waals surface area contributed by atoms with E-state index in [9.17, 15) is 9.90 Å². The van der Waals surface area contributed by atoms with E-state index >= 15 is 0 Å². The highest BCUT2D eigenvalue weighted by Crippen LogP contribution is 2.39. The van der Waals surface area contributed by atoms with Crippen molar-refractivity contribution in [2.45, 2.75) is 70.6 Å². The van der Waals surface area contributed by atoms with Gasteiger partial charge in [-0.2, -0.15) is 0 Å². The molecule has 2 fully saturated rings. The van der Waals surface area contributed by atoms with E-state index in [1.807, 2.05) is 13.8 Å². The summed E-state index contributed by atoms with van der Waals surface area (Å²) >= 11 is 0. The van der Waals surface area contributed by atoms with Gasteiger partial charge in [-0.3, -0.25) is 9.69 Å². The van der Waals surface area contributed by atoms with Gasteiger partial charge in [0.25, 0.3) is 0 Å². The molecule has 4 heteroatoms. The van der Waals surface area contributed by atoms with Gasteiger partial charge in [0.2, 0.25) is 0 Å². The molecule has 2 rings (SSSR count). The molecule has 1 saturated carbocycles. The van der Waals surface area contributed by atoms with Crippen LogP contribution < -0.4 is 0 Å². The largest absolute Gasteiger partial charge is 0.480 e. The maximum absolute atomic E-state index is 11.4. The number of aliphatic carboxylic acids is 1. The van der Waals surface area contributed by atoms with Gasteiger partial charge in [0.1, 0.15) is 6.04 Å². The summed E-state index contributed by atoms with van der Waals surface area (Å²) in [6.07, 6.45) is 6.98. The number of carboxylic acid groups (broad SMARTS) is 1. The fourth-order valence-corrected chi connectivity index (χ4v) is 3.68. The van der Waals surface area contributed by atoms with Crippen LogP contribution in [0.4, 0.5) is 0 Å². The average Bonchev–Trinajstić information content (AvgIpc) is 2.73. The van der Waals surface area contributed by atoms with Crippen molar-refractivity contribution in [2.24, 2.45) is 5.92 Å². The molecule has 110 valence electrons. The Hall–Kier alpha value is -0.610. The van der Waals surface area contributed by atoms with Gasteiger partial charge in [0.15, 0.2) is 0 Å². The average molecular weight is 269 g/mol. The lowest BCUT2D eigenvalue weighted by Gasteiger charge is -2.33. The molecule has 1 aliphatic carbocycles. The van der Waals surface area contributed by atoms with E-state index in [4.69, 9.17) is 4.74 Å². The zero-order valence-electron chi connectivity index (χ0n) is 12.2. The van der Waals surface area contributed by atoms with E-state index in [0.717, 1.165) is 26.0 Å². The van der Waals surface area contributed by atoms with Crippen LogP contribution in [0, 0.1) is 5.92 Å². The molecule has 1 saturated heterocycles. The summed E-state index contributed by atoms with van der Waals surface area (Å²) in [6, 6.07) is 0.251. The fraction of sp³-hybridized carbons (Fsp3) is 0.933. The Balaban J connectivity index is 1.88. The SMILES string of the molecule is CC(C)OCCCN1C(C(=O)O)CC2CCCCC21. The third-order valence-corrected chi connectivity index (χ3v) is 4.52. The molecule has 3 atom stereocenters. The van der Waals surface area contributed by atoms with Gasteiger partial charge in [0.05, 0.1) is 6.10 Å². The van der Waals surface area contributed by atoms with Crippen molar-refractivity contribution in [3.8, 4) is 0 Å². The van der Waals surface area contributed by atoms with Crippen molar-refractivity contribution in [1.29, 1.82) is 0 Å². The molecule has 1 heterocycles. The number of carbonyl (C=O) groups is 1. The summed E-state index contributed by atoms with van der Waals surface area (Å²) < 4.78 is 5.56. The van der Waals surface area contributed by atoms with Crippen molar-refractivity contribution in [1.82, 2.24) is 4.90 Å². The van der Waals surface area contributed by atoms with Crippen LogP contribution in [-0.2, 0) is 9.53 Å². The number of nitrogens with zero attached hydrogens (tertiary/aromatic N) is 1. The smallest absolute Gasteiger partial charge is 0.320 e. The standard InChI is InChI=1S/C15H27NO3/c1-11(2)19-9-5-8-16-13-7-4-3-6-12(13)10-14(16)15(17)18/h11-14H,3-10H2,1-2H3,(H,17,18). The Morgan fingerprint density at radius 1 is 1.37 bits per heavy atom. The molecule has 0 amide bonds. The first-order valence-electron chi connectivity index (χ1n) is 7.69. The van der Waals surface area contributed by atoms with E-state index in [1.165, 1.54) is 25.7 Å². The molecule has 0 radical (unpaired) electrons. The highest BCUT2D eigenvalue weighted by molar-refractivity contribution is 5.74. The first kappa shape index (κ1) is 14.8.